The first-order valence-electron chi connectivity index (χ1n) is 4.91. The van der Waals surface area contributed by atoms with Crippen LogP contribution in [-0.2, 0) is 14.3 Å². The lowest BCUT2D eigenvalue weighted by Gasteiger charge is -2.15. The molecule has 94 valence electrons. The van der Waals surface area contributed by atoms with Crippen LogP contribution in [0.3, 0.4) is 0 Å². The molecule has 0 bridgehead atoms. The van der Waals surface area contributed by atoms with Crippen molar-refractivity contribution in [2.75, 3.05) is 20.3 Å². The number of hydrogen-bond donors (Lipinski definition) is 4. The van der Waals surface area contributed by atoms with Crippen LogP contribution in [0.2, 0.25) is 0 Å². The van der Waals surface area contributed by atoms with Gasteiger partial charge < -0.3 is 26.0 Å². The Balaban J connectivity index is 3.98. The molecule has 0 heterocycles. The van der Waals surface area contributed by atoms with Crippen LogP contribution in [-0.4, -0.2) is 54.5 Å². The quantitative estimate of drug-likeness (QED) is 0.371. The van der Waals surface area contributed by atoms with E-state index in [4.69, 9.17) is 20.7 Å². The predicted octanol–water partition coefficient (Wildman–Crippen LogP) is -1.70. The lowest BCUT2D eigenvalue weighted by Crippen LogP contribution is -2.50. The van der Waals surface area contributed by atoms with E-state index in [1.165, 1.54) is 7.11 Å². The first-order valence-corrected chi connectivity index (χ1v) is 4.91. The fourth-order valence-electron chi connectivity index (χ4n) is 1.04. The van der Waals surface area contributed by atoms with Crippen molar-refractivity contribution in [3.05, 3.63) is 0 Å². The molecule has 7 nitrogen and oxygen atoms in total. The number of aliphatic hydroxyl groups is 1. The van der Waals surface area contributed by atoms with Crippen molar-refractivity contribution in [1.82, 2.24) is 5.32 Å². The van der Waals surface area contributed by atoms with Gasteiger partial charge in [0.15, 0.2) is 0 Å². The third kappa shape index (κ3) is 5.64. The fraction of sp³-hybridized carbons (Fsp3) is 0.778. The summed E-state index contributed by atoms with van der Waals surface area (Å²) in [6.07, 6.45) is 1.01. The summed E-state index contributed by atoms with van der Waals surface area (Å²) in [4.78, 5) is 21.9. The van der Waals surface area contributed by atoms with Gasteiger partial charge in [-0.1, -0.05) is 0 Å². The molecule has 5 N–H and O–H groups in total. The standard InChI is InChI=1S/C9H18N2O5/c1-16-4-2-3-6(10)8(13)11-7(5-12)9(14)15/h6-7,12H,2-5,10H2,1H3,(H,11,13)(H,14,15)/t6?,7-/m1/s1. The second-order valence-corrected chi connectivity index (χ2v) is 3.32. The van der Waals surface area contributed by atoms with Crippen molar-refractivity contribution in [1.29, 1.82) is 0 Å². The number of carbonyl (C=O) groups excluding carboxylic acids is 1. The van der Waals surface area contributed by atoms with Crippen molar-refractivity contribution in [2.24, 2.45) is 5.73 Å². The summed E-state index contributed by atoms with van der Waals surface area (Å²) in [7, 11) is 1.54. The highest BCUT2D eigenvalue weighted by molar-refractivity contribution is 5.86. The van der Waals surface area contributed by atoms with Crippen LogP contribution in [0.15, 0.2) is 0 Å². The van der Waals surface area contributed by atoms with Crippen molar-refractivity contribution in [3.8, 4) is 0 Å². The summed E-state index contributed by atoms with van der Waals surface area (Å²) in [6, 6.07) is -2.09. The number of methoxy groups -OCH3 is 1. The molecule has 16 heavy (non-hydrogen) atoms. The van der Waals surface area contributed by atoms with Crippen LogP contribution in [0.5, 0.6) is 0 Å². The highest BCUT2D eigenvalue weighted by Gasteiger charge is 2.21. The third-order valence-corrected chi connectivity index (χ3v) is 2.00. The summed E-state index contributed by atoms with van der Waals surface area (Å²) in [5.41, 5.74) is 5.52. The van der Waals surface area contributed by atoms with Crippen LogP contribution in [0.25, 0.3) is 0 Å². The number of aliphatic carboxylic acids is 1. The zero-order valence-electron chi connectivity index (χ0n) is 9.18. The van der Waals surface area contributed by atoms with Gasteiger partial charge in [-0.2, -0.15) is 0 Å². The number of ether oxygens (including phenoxy) is 1. The molecule has 0 aromatic rings. The van der Waals surface area contributed by atoms with E-state index in [9.17, 15) is 9.59 Å². The summed E-state index contributed by atoms with van der Waals surface area (Å²) in [5, 5.41) is 19.4. The van der Waals surface area contributed by atoms with E-state index >= 15 is 0 Å². The molecule has 0 rings (SSSR count). The van der Waals surface area contributed by atoms with Crippen molar-refractivity contribution >= 4 is 11.9 Å². The van der Waals surface area contributed by atoms with Gasteiger partial charge in [-0.05, 0) is 12.8 Å². The van der Waals surface area contributed by atoms with E-state index < -0.39 is 30.6 Å². The van der Waals surface area contributed by atoms with Gasteiger partial charge in [-0.15, -0.1) is 0 Å². The van der Waals surface area contributed by atoms with Crippen LogP contribution in [0.1, 0.15) is 12.8 Å². The van der Waals surface area contributed by atoms with Crippen LogP contribution in [0, 0.1) is 0 Å². The molecular formula is C9H18N2O5. The smallest absolute Gasteiger partial charge is 0.328 e. The van der Waals surface area contributed by atoms with Crippen molar-refractivity contribution in [2.45, 2.75) is 24.9 Å². The van der Waals surface area contributed by atoms with Crippen LogP contribution < -0.4 is 11.1 Å². The molecule has 1 amide bonds. The third-order valence-electron chi connectivity index (χ3n) is 2.00. The number of amides is 1. The average molecular weight is 234 g/mol. The lowest BCUT2D eigenvalue weighted by atomic mass is 10.1. The topological polar surface area (TPSA) is 122 Å². The molecule has 0 aromatic heterocycles. The average Bonchev–Trinajstić information content (AvgIpc) is 2.25. The van der Waals surface area contributed by atoms with E-state index in [2.05, 4.69) is 5.32 Å². The zero-order valence-corrected chi connectivity index (χ0v) is 9.18. The van der Waals surface area contributed by atoms with Gasteiger partial charge in [0.2, 0.25) is 5.91 Å². The highest BCUT2D eigenvalue weighted by atomic mass is 16.5. The molecule has 7 heteroatoms. The number of nitrogens with one attached hydrogen (secondary N) is 1. The van der Waals surface area contributed by atoms with Crippen molar-refractivity contribution < 1.29 is 24.5 Å². The lowest BCUT2D eigenvalue weighted by molar-refractivity contribution is -0.143. The molecule has 0 spiro atoms. The summed E-state index contributed by atoms with van der Waals surface area (Å²) < 4.78 is 4.79. The maximum absolute atomic E-state index is 11.4. The summed E-state index contributed by atoms with van der Waals surface area (Å²) in [5.74, 6) is -1.88. The predicted molar refractivity (Wildman–Crippen MR) is 55.7 cm³/mol. The fourth-order valence-corrected chi connectivity index (χ4v) is 1.04. The molecule has 1 unspecified atom stereocenters. The SMILES string of the molecule is COCCCC(N)C(=O)N[C@H](CO)C(=O)O. The van der Waals surface area contributed by atoms with E-state index in [1.807, 2.05) is 0 Å². The van der Waals surface area contributed by atoms with Gasteiger partial charge >= 0.3 is 5.97 Å². The van der Waals surface area contributed by atoms with Gasteiger partial charge in [0.1, 0.15) is 6.04 Å². The van der Waals surface area contributed by atoms with Crippen molar-refractivity contribution in [3.63, 3.8) is 0 Å². The van der Waals surface area contributed by atoms with Crippen LogP contribution >= 0.6 is 0 Å². The number of carboxylic acids is 1. The number of aliphatic hydroxyl groups excluding tert-OH is 1. The van der Waals surface area contributed by atoms with E-state index in [0.717, 1.165) is 0 Å². The maximum atomic E-state index is 11.4. The molecule has 0 saturated carbocycles. The maximum Gasteiger partial charge on any atom is 0.328 e. The Hall–Kier alpha value is -1.18. The Labute approximate surface area is 93.6 Å². The first kappa shape index (κ1) is 14.8. The molecule has 0 fully saturated rings. The number of rotatable bonds is 8. The van der Waals surface area contributed by atoms with E-state index in [1.54, 1.807) is 0 Å². The van der Waals surface area contributed by atoms with Gasteiger partial charge in [-0.25, -0.2) is 4.79 Å². The molecule has 0 aliphatic rings. The van der Waals surface area contributed by atoms with Crippen LogP contribution in [0.4, 0.5) is 0 Å². The molecular weight excluding hydrogens is 216 g/mol. The molecule has 2 atom stereocenters. The molecule has 0 aliphatic heterocycles. The minimum absolute atomic E-state index is 0.400. The highest BCUT2D eigenvalue weighted by Crippen LogP contribution is 1.96. The Bertz CT molecular complexity index is 234. The normalized spacial score (nSPS) is 14.2. The minimum atomic E-state index is -1.30. The Morgan fingerprint density at radius 3 is 2.56 bits per heavy atom. The second kappa shape index (κ2) is 8.03. The van der Waals surface area contributed by atoms with Gasteiger partial charge in [0, 0.05) is 13.7 Å². The largest absolute Gasteiger partial charge is 0.480 e. The summed E-state index contributed by atoms with van der Waals surface area (Å²) >= 11 is 0. The molecule has 0 saturated heterocycles. The number of carboxylic acid groups (broad SMARTS) is 1. The monoisotopic (exact) mass is 234 g/mol. The van der Waals surface area contributed by atoms with Gasteiger partial charge in [0.25, 0.3) is 0 Å². The molecule has 0 aliphatic carbocycles. The summed E-state index contributed by atoms with van der Waals surface area (Å²) in [6.45, 7) is -0.171. The number of carbonyl (C=O) groups is 2. The number of hydrogen-bond acceptors (Lipinski definition) is 5. The zero-order chi connectivity index (χ0) is 12.6. The number of nitrogens with two attached hydrogens (primary N) is 1. The Morgan fingerprint density at radius 1 is 1.50 bits per heavy atom. The minimum Gasteiger partial charge on any atom is -0.480 e. The Morgan fingerprint density at radius 2 is 2.12 bits per heavy atom. The van der Waals surface area contributed by atoms with E-state index in [0.29, 0.717) is 19.4 Å². The molecule has 0 aromatic carbocycles. The van der Waals surface area contributed by atoms with E-state index in [-0.39, 0.29) is 0 Å². The molecule has 0 radical (unpaired) electrons. The second-order valence-electron chi connectivity index (χ2n) is 3.32. The Kier molecular flexibility index (Phi) is 7.44. The van der Waals surface area contributed by atoms with Gasteiger partial charge in [-0.3, -0.25) is 4.79 Å². The first-order chi connectivity index (χ1) is 7.52. The van der Waals surface area contributed by atoms with Gasteiger partial charge in [0.05, 0.1) is 12.6 Å².